The molecular formula is C30H22Cl2O2. The van der Waals surface area contributed by atoms with E-state index in [2.05, 4.69) is 0 Å². The van der Waals surface area contributed by atoms with Crippen molar-refractivity contribution in [1.29, 1.82) is 0 Å². The Hall–Kier alpha value is -3.33. The molecule has 1 heterocycles. The number of benzene rings is 4. The van der Waals surface area contributed by atoms with E-state index in [1.807, 2.05) is 115 Å². The van der Waals surface area contributed by atoms with E-state index < -0.39 is 11.5 Å². The van der Waals surface area contributed by atoms with Gasteiger partial charge in [-0.15, -0.1) is 0 Å². The molecule has 0 bridgehead atoms. The Bertz CT molecular complexity index is 1310. The van der Waals surface area contributed by atoms with Gasteiger partial charge in [-0.25, -0.2) is 0 Å². The average molecular weight is 485 g/mol. The lowest BCUT2D eigenvalue weighted by molar-refractivity contribution is -0.147. The Labute approximate surface area is 209 Å². The fraction of sp³-hybridized carbons (Fsp3) is 0.100. The second kappa shape index (κ2) is 9.50. The fourth-order valence-corrected chi connectivity index (χ4v) is 4.82. The van der Waals surface area contributed by atoms with Crippen LogP contribution < -0.4 is 0 Å². The van der Waals surface area contributed by atoms with E-state index in [1.54, 1.807) is 0 Å². The zero-order valence-electron chi connectivity index (χ0n) is 18.3. The number of hydrogen-bond donors (Lipinski definition) is 0. The highest BCUT2D eigenvalue weighted by atomic mass is 35.5. The van der Waals surface area contributed by atoms with Crippen molar-refractivity contribution in [2.24, 2.45) is 5.92 Å². The molecule has 1 aliphatic rings. The smallest absolute Gasteiger partial charge is 0.314 e. The highest BCUT2D eigenvalue weighted by Crippen LogP contribution is 2.46. The largest absolute Gasteiger partial charge is 0.449 e. The molecule has 0 N–H and O–H groups in total. The number of hydrogen-bond acceptors (Lipinski definition) is 2. The lowest BCUT2D eigenvalue weighted by Gasteiger charge is -2.29. The summed E-state index contributed by atoms with van der Waals surface area (Å²) in [5.74, 6) is -0.678. The molecule has 2 nitrogen and oxygen atoms in total. The first-order chi connectivity index (χ1) is 16.5. The Morgan fingerprint density at radius 1 is 0.706 bits per heavy atom. The van der Waals surface area contributed by atoms with E-state index in [0.29, 0.717) is 16.5 Å². The number of halogens is 2. The number of carbonyl (C=O) groups is 1. The molecule has 4 heteroatoms. The van der Waals surface area contributed by atoms with Gasteiger partial charge >= 0.3 is 5.97 Å². The Morgan fingerprint density at radius 2 is 1.21 bits per heavy atom. The van der Waals surface area contributed by atoms with Gasteiger partial charge in [0, 0.05) is 27.6 Å². The predicted octanol–water partition coefficient (Wildman–Crippen LogP) is 7.93. The topological polar surface area (TPSA) is 26.3 Å². The third kappa shape index (κ3) is 4.40. The third-order valence-electron chi connectivity index (χ3n) is 6.24. The normalized spacial score (nSPS) is 20.2. The first-order valence-corrected chi connectivity index (χ1v) is 11.9. The van der Waals surface area contributed by atoms with Crippen molar-refractivity contribution >= 4 is 34.7 Å². The minimum absolute atomic E-state index is 0.249. The van der Waals surface area contributed by atoms with Crippen molar-refractivity contribution in [3.05, 3.63) is 148 Å². The molecule has 1 aliphatic heterocycles. The molecule has 0 unspecified atom stereocenters. The van der Waals surface area contributed by atoms with Gasteiger partial charge in [-0.3, -0.25) is 4.79 Å². The van der Waals surface area contributed by atoms with Gasteiger partial charge in [-0.2, -0.15) is 0 Å². The molecule has 4 aromatic carbocycles. The summed E-state index contributed by atoms with van der Waals surface area (Å²) in [6, 6.07) is 35.2. The van der Waals surface area contributed by atoms with Crippen molar-refractivity contribution in [3.63, 3.8) is 0 Å². The van der Waals surface area contributed by atoms with Gasteiger partial charge < -0.3 is 4.74 Å². The summed E-state index contributed by atoms with van der Waals surface area (Å²) < 4.78 is 6.22. The third-order valence-corrected chi connectivity index (χ3v) is 6.75. The van der Waals surface area contributed by atoms with Crippen LogP contribution in [0.1, 0.15) is 28.7 Å². The van der Waals surface area contributed by atoms with Gasteiger partial charge in [0.05, 0.1) is 5.92 Å². The van der Waals surface area contributed by atoms with Crippen molar-refractivity contribution in [2.45, 2.75) is 12.0 Å². The molecule has 0 amide bonds. The van der Waals surface area contributed by atoms with Crippen LogP contribution in [-0.2, 0) is 15.1 Å². The molecule has 1 fully saturated rings. The first kappa shape index (κ1) is 22.5. The molecule has 5 rings (SSSR count). The minimum Gasteiger partial charge on any atom is -0.449 e. The van der Waals surface area contributed by atoms with Gasteiger partial charge in [-0.05, 0) is 41.0 Å². The van der Waals surface area contributed by atoms with Crippen LogP contribution in [0.3, 0.4) is 0 Å². The SMILES string of the molecule is O=C1O[C@](c2ccccc2)(c2ccc(Cl)cc2)C[C@@H]1/C=C(\c1ccccc1)c1ccc(Cl)cc1. The summed E-state index contributed by atoms with van der Waals surface area (Å²) in [5, 5.41) is 1.31. The van der Waals surface area contributed by atoms with Crippen LogP contribution >= 0.6 is 23.2 Å². The molecule has 168 valence electrons. The van der Waals surface area contributed by atoms with Crippen LogP contribution in [0.25, 0.3) is 5.57 Å². The monoisotopic (exact) mass is 484 g/mol. The van der Waals surface area contributed by atoms with Gasteiger partial charge in [-0.1, -0.05) is 114 Å². The average Bonchev–Trinajstić information content (AvgIpc) is 3.21. The lowest BCUT2D eigenvalue weighted by Crippen LogP contribution is -2.27. The molecule has 0 spiro atoms. The summed E-state index contributed by atoms with van der Waals surface area (Å²) in [6.45, 7) is 0. The van der Waals surface area contributed by atoms with E-state index >= 15 is 0 Å². The van der Waals surface area contributed by atoms with Gasteiger partial charge in [0.25, 0.3) is 0 Å². The first-order valence-electron chi connectivity index (χ1n) is 11.1. The number of ether oxygens (including phenoxy) is 1. The zero-order valence-corrected chi connectivity index (χ0v) is 19.8. The standard InChI is InChI=1S/C30H22Cl2O2/c31-26-15-11-22(12-16-26)28(21-7-3-1-4-8-21)19-23-20-30(34-29(23)33,24-9-5-2-6-10-24)25-13-17-27(32)18-14-25/h1-19,23H,20H2/b28-19+/t23-,30+/m0/s1. The second-order valence-corrected chi connectivity index (χ2v) is 9.26. The van der Waals surface area contributed by atoms with Crippen LogP contribution in [0.2, 0.25) is 10.0 Å². The summed E-state index contributed by atoms with van der Waals surface area (Å²) in [6.07, 6.45) is 2.52. The van der Waals surface area contributed by atoms with E-state index in [0.717, 1.165) is 27.8 Å². The molecule has 0 aliphatic carbocycles. The maximum Gasteiger partial charge on any atom is 0.314 e. The van der Waals surface area contributed by atoms with E-state index in [9.17, 15) is 4.79 Å². The molecule has 0 radical (unpaired) electrons. The van der Waals surface area contributed by atoms with Crippen LogP contribution in [0.4, 0.5) is 0 Å². The fourth-order valence-electron chi connectivity index (χ4n) is 4.56. The summed E-state index contributed by atoms with van der Waals surface area (Å²) >= 11 is 12.3. The predicted molar refractivity (Wildman–Crippen MR) is 138 cm³/mol. The van der Waals surface area contributed by atoms with E-state index in [1.165, 1.54) is 0 Å². The highest BCUT2D eigenvalue weighted by molar-refractivity contribution is 6.30. The molecule has 4 aromatic rings. The lowest BCUT2D eigenvalue weighted by atomic mass is 9.80. The van der Waals surface area contributed by atoms with Crippen LogP contribution in [-0.4, -0.2) is 5.97 Å². The minimum atomic E-state index is -0.883. The maximum absolute atomic E-state index is 13.3. The Balaban J connectivity index is 1.61. The van der Waals surface area contributed by atoms with Gasteiger partial charge in [0.1, 0.15) is 0 Å². The zero-order chi connectivity index (χ0) is 23.5. The van der Waals surface area contributed by atoms with Gasteiger partial charge in [0.2, 0.25) is 0 Å². The van der Waals surface area contributed by atoms with Crippen LogP contribution in [0, 0.1) is 5.92 Å². The molecular weight excluding hydrogens is 463 g/mol. The van der Waals surface area contributed by atoms with Gasteiger partial charge in [0.15, 0.2) is 5.60 Å². The van der Waals surface area contributed by atoms with E-state index in [4.69, 9.17) is 27.9 Å². The Kier molecular flexibility index (Phi) is 6.28. The molecule has 2 atom stereocenters. The molecule has 0 aromatic heterocycles. The Morgan fingerprint density at radius 3 is 1.82 bits per heavy atom. The second-order valence-electron chi connectivity index (χ2n) is 8.38. The van der Waals surface area contributed by atoms with Crippen molar-refractivity contribution < 1.29 is 9.53 Å². The molecule has 0 saturated carbocycles. The number of esters is 1. The van der Waals surface area contributed by atoms with Crippen molar-refractivity contribution in [1.82, 2.24) is 0 Å². The summed E-state index contributed by atoms with van der Waals surface area (Å²) in [7, 11) is 0. The number of cyclic esters (lactones) is 1. The molecule has 34 heavy (non-hydrogen) atoms. The number of rotatable bonds is 5. The summed E-state index contributed by atoms with van der Waals surface area (Å²) in [4.78, 5) is 13.3. The van der Waals surface area contributed by atoms with Crippen molar-refractivity contribution in [2.75, 3.05) is 0 Å². The highest BCUT2D eigenvalue weighted by Gasteiger charge is 2.48. The van der Waals surface area contributed by atoms with Crippen LogP contribution in [0.5, 0.6) is 0 Å². The number of carbonyl (C=O) groups excluding carboxylic acids is 1. The van der Waals surface area contributed by atoms with Crippen LogP contribution in [0.15, 0.2) is 115 Å². The van der Waals surface area contributed by atoms with E-state index in [-0.39, 0.29) is 5.97 Å². The molecule has 1 saturated heterocycles. The quantitative estimate of drug-likeness (QED) is 0.268. The summed E-state index contributed by atoms with van der Waals surface area (Å²) in [5.41, 5.74) is 3.95. The maximum atomic E-state index is 13.3. The van der Waals surface area contributed by atoms with Crippen molar-refractivity contribution in [3.8, 4) is 0 Å².